The number of hydrogen-bond acceptors (Lipinski definition) is 4. The van der Waals surface area contributed by atoms with E-state index in [0.29, 0.717) is 23.4 Å². The summed E-state index contributed by atoms with van der Waals surface area (Å²) in [7, 11) is 0. The lowest BCUT2D eigenvalue weighted by Crippen LogP contribution is -2.42. The van der Waals surface area contributed by atoms with Gasteiger partial charge in [0.1, 0.15) is 0 Å². The Labute approximate surface area is 122 Å². The molecule has 1 fully saturated rings. The number of carbonyl (C=O) groups excluding carboxylic acids is 2. The molecule has 2 amide bonds. The van der Waals surface area contributed by atoms with Gasteiger partial charge in [-0.2, -0.15) is 11.8 Å². The lowest BCUT2D eigenvalue weighted by atomic mass is 10.1. The van der Waals surface area contributed by atoms with Crippen LogP contribution in [0.5, 0.6) is 0 Å². The smallest absolute Gasteiger partial charge is 0.263 e. The van der Waals surface area contributed by atoms with Crippen LogP contribution >= 0.6 is 11.8 Å². The quantitative estimate of drug-likeness (QED) is 0.686. The monoisotopic (exact) mass is 290 g/mol. The molecule has 2 N–H and O–H groups in total. The number of imide groups is 1. The van der Waals surface area contributed by atoms with Crippen LogP contribution in [-0.2, 0) is 0 Å². The van der Waals surface area contributed by atoms with Gasteiger partial charge in [-0.15, -0.1) is 0 Å². The van der Waals surface area contributed by atoms with Gasteiger partial charge in [-0.05, 0) is 31.2 Å². The van der Waals surface area contributed by atoms with Gasteiger partial charge in [0, 0.05) is 17.0 Å². The molecule has 1 aliphatic carbocycles. The predicted molar refractivity (Wildman–Crippen MR) is 80.9 cm³/mol. The van der Waals surface area contributed by atoms with Crippen LogP contribution < -0.4 is 5.73 Å². The van der Waals surface area contributed by atoms with Crippen LogP contribution in [0.4, 0.5) is 5.69 Å². The average molecular weight is 290 g/mol. The molecule has 0 atom stereocenters. The highest BCUT2D eigenvalue weighted by molar-refractivity contribution is 8.00. The lowest BCUT2D eigenvalue weighted by molar-refractivity contribution is 0.0639. The molecular weight excluding hydrogens is 272 g/mol. The Kier molecular flexibility index (Phi) is 3.24. The highest BCUT2D eigenvalue weighted by Gasteiger charge is 2.43. The maximum atomic E-state index is 12.5. The fraction of sp³-hybridized carbons (Fsp3) is 0.467. The van der Waals surface area contributed by atoms with E-state index in [9.17, 15) is 9.59 Å². The van der Waals surface area contributed by atoms with E-state index < -0.39 is 0 Å². The van der Waals surface area contributed by atoms with Crippen LogP contribution in [0.3, 0.4) is 0 Å². The zero-order valence-electron chi connectivity index (χ0n) is 11.5. The Bertz CT molecular complexity index is 579. The van der Waals surface area contributed by atoms with Crippen molar-refractivity contribution in [3.05, 3.63) is 29.3 Å². The van der Waals surface area contributed by atoms with Gasteiger partial charge < -0.3 is 5.73 Å². The van der Waals surface area contributed by atoms with Crippen LogP contribution in [0.25, 0.3) is 0 Å². The largest absolute Gasteiger partial charge is 0.398 e. The zero-order valence-corrected chi connectivity index (χ0v) is 12.3. The topological polar surface area (TPSA) is 63.4 Å². The van der Waals surface area contributed by atoms with E-state index in [1.54, 1.807) is 30.0 Å². The number of carbonyl (C=O) groups is 2. The van der Waals surface area contributed by atoms with Crippen molar-refractivity contribution in [2.75, 3.05) is 18.5 Å². The van der Waals surface area contributed by atoms with Crippen LogP contribution in [0, 0.1) is 0 Å². The first-order valence-electron chi connectivity index (χ1n) is 6.88. The molecule has 0 bridgehead atoms. The standard InChI is InChI=1S/C15H18N2O2S/c1-20-15(7-2-3-8-15)9-17-13(18)10-5-4-6-11(16)12(10)14(17)19/h4-6H,2-3,7-9,16H2,1H3. The molecule has 0 spiro atoms. The van der Waals surface area contributed by atoms with Crippen molar-refractivity contribution in [2.24, 2.45) is 0 Å². The van der Waals surface area contributed by atoms with E-state index in [4.69, 9.17) is 5.73 Å². The van der Waals surface area contributed by atoms with Crippen LogP contribution in [0.15, 0.2) is 18.2 Å². The third-order valence-electron chi connectivity index (χ3n) is 4.43. The third-order valence-corrected chi connectivity index (χ3v) is 5.83. The highest BCUT2D eigenvalue weighted by atomic mass is 32.2. The summed E-state index contributed by atoms with van der Waals surface area (Å²) >= 11 is 1.78. The molecule has 1 aromatic rings. The normalized spacial score (nSPS) is 20.6. The number of amides is 2. The molecular formula is C15H18N2O2S. The van der Waals surface area contributed by atoms with Crippen molar-refractivity contribution in [1.29, 1.82) is 0 Å². The van der Waals surface area contributed by atoms with Gasteiger partial charge in [0.25, 0.3) is 11.8 Å². The number of nitrogen functional groups attached to an aromatic ring is 1. The van der Waals surface area contributed by atoms with Crippen LogP contribution in [-0.4, -0.2) is 34.3 Å². The highest BCUT2D eigenvalue weighted by Crippen LogP contribution is 2.42. The van der Waals surface area contributed by atoms with Crippen molar-refractivity contribution < 1.29 is 9.59 Å². The molecule has 2 aliphatic rings. The minimum Gasteiger partial charge on any atom is -0.398 e. The maximum absolute atomic E-state index is 12.5. The second-order valence-electron chi connectivity index (χ2n) is 5.56. The minimum atomic E-state index is -0.233. The summed E-state index contributed by atoms with van der Waals surface area (Å²) in [6.07, 6.45) is 6.55. The number of rotatable bonds is 3. The molecule has 0 saturated heterocycles. The summed E-state index contributed by atoms with van der Waals surface area (Å²) in [4.78, 5) is 26.3. The molecule has 0 radical (unpaired) electrons. The van der Waals surface area contributed by atoms with Crippen molar-refractivity contribution in [3.63, 3.8) is 0 Å². The van der Waals surface area contributed by atoms with E-state index in [1.807, 2.05) is 0 Å². The van der Waals surface area contributed by atoms with E-state index in [-0.39, 0.29) is 16.6 Å². The minimum absolute atomic E-state index is 0.0299. The van der Waals surface area contributed by atoms with Crippen LogP contribution in [0.2, 0.25) is 0 Å². The number of nitrogens with two attached hydrogens (primary N) is 1. The van der Waals surface area contributed by atoms with Gasteiger partial charge in [0.2, 0.25) is 0 Å². The van der Waals surface area contributed by atoms with Crippen molar-refractivity contribution in [2.45, 2.75) is 30.4 Å². The van der Waals surface area contributed by atoms with E-state index in [2.05, 4.69) is 6.26 Å². The predicted octanol–water partition coefficient (Wildman–Crippen LogP) is 2.54. The fourth-order valence-corrected chi connectivity index (χ4v) is 4.19. The van der Waals surface area contributed by atoms with Crippen LogP contribution in [0.1, 0.15) is 46.4 Å². The first kappa shape index (κ1) is 13.5. The Morgan fingerprint density at radius 1 is 1.25 bits per heavy atom. The molecule has 1 saturated carbocycles. The fourth-order valence-electron chi connectivity index (χ4n) is 3.24. The SMILES string of the molecule is CSC1(CN2C(=O)c3cccc(N)c3C2=O)CCCC1. The molecule has 20 heavy (non-hydrogen) atoms. The summed E-state index contributed by atoms with van der Waals surface area (Å²) in [5.41, 5.74) is 7.08. The Morgan fingerprint density at radius 3 is 2.55 bits per heavy atom. The number of hydrogen-bond donors (Lipinski definition) is 1. The average Bonchev–Trinajstić information content (AvgIpc) is 3.00. The molecule has 5 heteroatoms. The number of anilines is 1. The number of thioether (sulfide) groups is 1. The molecule has 0 unspecified atom stereocenters. The summed E-state index contributed by atoms with van der Waals surface area (Å²) in [6.45, 7) is 0.500. The van der Waals surface area contributed by atoms with E-state index in [0.717, 1.165) is 12.8 Å². The second-order valence-corrected chi connectivity index (χ2v) is 6.83. The first-order chi connectivity index (χ1) is 9.58. The van der Waals surface area contributed by atoms with Gasteiger partial charge in [-0.1, -0.05) is 18.9 Å². The lowest BCUT2D eigenvalue weighted by Gasteiger charge is -2.30. The summed E-state index contributed by atoms with van der Waals surface area (Å²) < 4.78 is 0.0299. The number of nitrogens with zero attached hydrogens (tertiary/aromatic N) is 1. The molecule has 4 nitrogen and oxygen atoms in total. The molecule has 1 aromatic carbocycles. The van der Waals surface area contributed by atoms with Crippen molar-refractivity contribution in [3.8, 4) is 0 Å². The van der Waals surface area contributed by atoms with Gasteiger partial charge >= 0.3 is 0 Å². The van der Waals surface area contributed by atoms with Gasteiger partial charge in [0.05, 0.1) is 11.1 Å². The number of benzene rings is 1. The Morgan fingerprint density at radius 2 is 1.95 bits per heavy atom. The van der Waals surface area contributed by atoms with Crippen molar-refractivity contribution >= 4 is 29.3 Å². The summed E-state index contributed by atoms with van der Waals surface area (Å²) in [6, 6.07) is 5.09. The Hall–Kier alpha value is -1.49. The number of fused-ring (bicyclic) bond motifs is 1. The molecule has 0 aromatic heterocycles. The second kappa shape index (κ2) is 4.81. The molecule has 3 rings (SSSR count). The van der Waals surface area contributed by atoms with Crippen molar-refractivity contribution in [1.82, 2.24) is 4.90 Å². The first-order valence-corrected chi connectivity index (χ1v) is 8.10. The molecule has 1 heterocycles. The van der Waals surface area contributed by atoms with E-state index >= 15 is 0 Å². The van der Waals surface area contributed by atoms with Gasteiger partial charge in [-0.3, -0.25) is 14.5 Å². The summed E-state index contributed by atoms with van der Waals surface area (Å²) in [5, 5.41) is 0. The molecule has 106 valence electrons. The summed E-state index contributed by atoms with van der Waals surface area (Å²) in [5.74, 6) is -0.430. The zero-order chi connectivity index (χ0) is 14.3. The Balaban J connectivity index is 1.92. The third kappa shape index (κ3) is 1.92. The van der Waals surface area contributed by atoms with Gasteiger partial charge in [-0.25, -0.2) is 0 Å². The van der Waals surface area contributed by atoms with Gasteiger partial charge in [0.15, 0.2) is 0 Å². The van der Waals surface area contributed by atoms with E-state index in [1.165, 1.54) is 17.7 Å². The molecule has 1 aliphatic heterocycles. The maximum Gasteiger partial charge on any atom is 0.263 e.